The monoisotopic (exact) mass is 277 g/mol. The van der Waals surface area contributed by atoms with Gasteiger partial charge in [-0.3, -0.25) is 4.90 Å². The third-order valence-electron chi connectivity index (χ3n) is 2.68. The number of likely N-dealkylation sites (N-methyl/N-ethyl adjacent to an activating group) is 1. The molecule has 0 saturated heterocycles. The van der Waals surface area contributed by atoms with E-state index in [0.717, 1.165) is 36.9 Å². The molecule has 0 aromatic carbocycles. The van der Waals surface area contributed by atoms with Crippen LogP contribution in [0.25, 0.3) is 0 Å². The highest BCUT2D eigenvalue weighted by molar-refractivity contribution is 7.09. The van der Waals surface area contributed by atoms with Gasteiger partial charge in [-0.1, -0.05) is 6.92 Å². The van der Waals surface area contributed by atoms with Crippen molar-refractivity contribution in [3.63, 3.8) is 0 Å². The van der Waals surface area contributed by atoms with E-state index >= 15 is 0 Å². The van der Waals surface area contributed by atoms with Crippen LogP contribution in [0.3, 0.4) is 0 Å². The quantitative estimate of drug-likeness (QED) is 0.777. The maximum atomic E-state index is 4.43. The van der Waals surface area contributed by atoms with Crippen LogP contribution in [0, 0.1) is 6.92 Å². The van der Waals surface area contributed by atoms with E-state index in [2.05, 4.69) is 41.4 Å². The molecule has 0 saturated carbocycles. The van der Waals surface area contributed by atoms with E-state index in [-0.39, 0.29) is 12.4 Å². The molecule has 1 N–H and O–H groups in total. The van der Waals surface area contributed by atoms with Gasteiger partial charge in [-0.25, -0.2) is 4.98 Å². The summed E-state index contributed by atoms with van der Waals surface area (Å²) in [6.45, 7) is 12.9. The van der Waals surface area contributed by atoms with Crippen molar-refractivity contribution in [1.29, 1.82) is 0 Å². The molecule has 17 heavy (non-hydrogen) atoms. The Kier molecular flexibility index (Phi) is 8.78. The third-order valence-corrected chi connectivity index (χ3v) is 3.51. The molecule has 0 amide bonds. The second-order valence-electron chi connectivity index (χ2n) is 4.26. The highest BCUT2D eigenvalue weighted by atomic mass is 35.5. The van der Waals surface area contributed by atoms with Gasteiger partial charge < -0.3 is 5.32 Å². The Balaban J connectivity index is 0.00000256. The van der Waals surface area contributed by atoms with E-state index in [4.69, 9.17) is 0 Å². The van der Waals surface area contributed by atoms with Gasteiger partial charge in [-0.05, 0) is 27.3 Å². The smallest absolute Gasteiger partial charge is 0.0897 e. The van der Waals surface area contributed by atoms with Crippen LogP contribution in [0.2, 0.25) is 0 Å². The molecule has 1 aromatic rings. The topological polar surface area (TPSA) is 28.2 Å². The molecule has 1 heterocycles. The fourth-order valence-electron chi connectivity index (χ4n) is 1.71. The van der Waals surface area contributed by atoms with Crippen molar-refractivity contribution in [3.8, 4) is 0 Å². The average Bonchev–Trinajstić information content (AvgIpc) is 2.64. The molecule has 0 fully saturated rings. The molecule has 1 rings (SSSR count). The summed E-state index contributed by atoms with van der Waals surface area (Å²) in [5, 5.41) is 6.71. The number of thiazole rings is 1. The van der Waals surface area contributed by atoms with Gasteiger partial charge >= 0.3 is 0 Å². The van der Waals surface area contributed by atoms with Crippen molar-refractivity contribution in [2.75, 3.05) is 19.6 Å². The number of aromatic nitrogens is 1. The standard InChI is InChI=1S/C12H23N3S.ClH/c1-5-15(10(2)3)7-6-13-8-12-9-16-11(4)14-12;/h9-10,13H,5-8H2,1-4H3;1H. The summed E-state index contributed by atoms with van der Waals surface area (Å²) < 4.78 is 0. The zero-order chi connectivity index (χ0) is 12.0. The van der Waals surface area contributed by atoms with Gasteiger partial charge in [0.2, 0.25) is 0 Å². The second-order valence-corrected chi connectivity index (χ2v) is 5.32. The Labute approximate surface area is 115 Å². The van der Waals surface area contributed by atoms with Gasteiger partial charge in [0.15, 0.2) is 0 Å². The molecule has 0 atom stereocenters. The summed E-state index contributed by atoms with van der Waals surface area (Å²) in [6, 6.07) is 0.633. The Morgan fingerprint density at radius 1 is 1.47 bits per heavy atom. The average molecular weight is 278 g/mol. The first-order valence-corrected chi connectivity index (χ1v) is 6.87. The van der Waals surface area contributed by atoms with Crippen molar-refractivity contribution in [3.05, 3.63) is 16.1 Å². The molecular weight excluding hydrogens is 254 g/mol. The lowest BCUT2D eigenvalue weighted by Crippen LogP contribution is -2.36. The second kappa shape index (κ2) is 8.86. The first kappa shape index (κ1) is 16.8. The molecule has 1 aromatic heterocycles. The molecular formula is C12H24ClN3S. The molecule has 3 nitrogen and oxygen atoms in total. The van der Waals surface area contributed by atoms with Gasteiger partial charge in [-0.15, -0.1) is 23.7 Å². The van der Waals surface area contributed by atoms with Crippen LogP contribution in [-0.4, -0.2) is 35.6 Å². The normalized spacial score (nSPS) is 10.9. The summed E-state index contributed by atoms with van der Waals surface area (Å²) >= 11 is 1.72. The predicted octanol–water partition coefficient (Wildman–Crippen LogP) is 2.69. The highest BCUT2D eigenvalue weighted by Gasteiger charge is 2.05. The van der Waals surface area contributed by atoms with Crippen molar-refractivity contribution in [2.45, 2.75) is 40.3 Å². The van der Waals surface area contributed by atoms with Gasteiger partial charge in [0.05, 0.1) is 10.7 Å². The molecule has 0 spiro atoms. The van der Waals surface area contributed by atoms with Gasteiger partial charge in [0.25, 0.3) is 0 Å². The van der Waals surface area contributed by atoms with E-state index < -0.39 is 0 Å². The number of hydrogen-bond acceptors (Lipinski definition) is 4. The van der Waals surface area contributed by atoms with Crippen LogP contribution in [0.5, 0.6) is 0 Å². The maximum absolute atomic E-state index is 4.43. The SMILES string of the molecule is CCN(CCNCc1csc(C)n1)C(C)C.Cl. The van der Waals surface area contributed by atoms with E-state index in [1.54, 1.807) is 11.3 Å². The summed E-state index contributed by atoms with van der Waals surface area (Å²) in [5.74, 6) is 0. The van der Waals surface area contributed by atoms with Crippen molar-refractivity contribution >= 4 is 23.7 Å². The highest BCUT2D eigenvalue weighted by Crippen LogP contribution is 2.07. The Morgan fingerprint density at radius 2 is 2.18 bits per heavy atom. The lowest BCUT2D eigenvalue weighted by molar-refractivity contribution is 0.233. The number of rotatable bonds is 7. The summed E-state index contributed by atoms with van der Waals surface area (Å²) in [4.78, 5) is 6.88. The number of nitrogens with one attached hydrogen (secondary N) is 1. The minimum absolute atomic E-state index is 0. The van der Waals surface area contributed by atoms with Crippen LogP contribution in [0.1, 0.15) is 31.5 Å². The van der Waals surface area contributed by atoms with Crippen LogP contribution in [-0.2, 0) is 6.54 Å². The fourth-order valence-corrected chi connectivity index (χ4v) is 2.32. The van der Waals surface area contributed by atoms with Crippen LogP contribution in [0.15, 0.2) is 5.38 Å². The zero-order valence-corrected chi connectivity index (χ0v) is 12.8. The molecule has 0 aliphatic heterocycles. The minimum atomic E-state index is 0. The van der Waals surface area contributed by atoms with Crippen molar-refractivity contribution < 1.29 is 0 Å². The molecule has 0 aliphatic carbocycles. The Hall–Kier alpha value is -0.160. The molecule has 0 radical (unpaired) electrons. The van der Waals surface area contributed by atoms with Gasteiger partial charge in [0, 0.05) is 31.1 Å². The van der Waals surface area contributed by atoms with Crippen LogP contribution < -0.4 is 5.32 Å². The molecule has 100 valence electrons. The number of aryl methyl sites for hydroxylation is 1. The molecule has 5 heteroatoms. The Bertz CT molecular complexity index is 302. The third kappa shape index (κ3) is 6.36. The summed E-state index contributed by atoms with van der Waals surface area (Å²) in [5.41, 5.74) is 1.16. The molecule has 0 aliphatic rings. The fraction of sp³-hybridized carbons (Fsp3) is 0.750. The summed E-state index contributed by atoms with van der Waals surface area (Å²) in [7, 11) is 0. The first-order chi connectivity index (χ1) is 7.63. The maximum Gasteiger partial charge on any atom is 0.0897 e. The molecule has 0 unspecified atom stereocenters. The predicted molar refractivity (Wildman–Crippen MR) is 78.2 cm³/mol. The first-order valence-electron chi connectivity index (χ1n) is 5.99. The van der Waals surface area contributed by atoms with Crippen molar-refractivity contribution in [1.82, 2.24) is 15.2 Å². The molecule has 0 bridgehead atoms. The van der Waals surface area contributed by atoms with E-state index in [0.29, 0.717) is 6.04 Å². The summed E-state index contributed by atoms with van der Waals surface area (Å²) in [6.07, 6.45) is 0. The van der Waals surface area contributed by atoms with E-state index in [1.807, 2.05) is 6.92 Å². The lowest BCUT2D eigenvalue weighted by Gasteiger charge is -2.24. The van der Waals surface area contributed by atoms with E-state index in [9.17, 15) is 0 Å². The van der Waals surface area contributed by atoms with Crippen LogP contribution >= 0.6 is 23.7 Å². The van der Waals surface area contributed by atoms with E-state index in [1.165, 1.54) is 0 Å². The van der Waals surface area contributed by atoms with Gasteiger partial charge in [0.1, 0.15) is 0 Å². The minimum Gasteiger partial charge on any atom is -0.310 e. The Morgan fingerprint density at radius 3 is 2.65 bits per heavy atom. The van der Waals surface area contributed by atoms with Crippen LogP contribution in [0.4, 0.5) is 0 Å². The van der Waals surface area contributed by atoms with Crippen molar-refractivity contribution in [2.24, 2.45) is 0 Å². The lowest BCUT2D eigenvalue weighted by atomic mass is 10.3. The largest absolute Gasteiger partial charge is 0.310 e. The van der Waals surface area contributed by atoms with Gasteiger partial charge in [-0.2, -0.15) is 0 Å². The number of halogens is 1. The zero-order valence-electron chi connectivity index (χ0n) is 11.2. The number of hydrogen-bond donors (Lipinski definition) is 1. The number of nitrogens with zero attached hydrogens (tertiary/aromatic N) is 2.